The first-order chi connectivity index (χ1) is 10.5. The molecule has 0 aliphatic rings. The molecule has 0 aliphatic carbocycles. The summed E-state index contributed by atoms with van der Waals surface area (Å²) < 4.78 is 0. The molecule has 0 spiro atoms. The van der Waals surface area contributed by atoms with Gasteiger partial charge in [0.1, 0.15) is 5.82 Å². The van der Waals surface area contributed by atoms with Crippen LogP contribution in [0.1, 0.15) is 24.4 Å². The standard InChI is InChI=1S/C18H22N4/c1-5-8-20-17-7-6-14(9-16(17)18(19)12(2)3)15-10-21-13(4)22-11-15/h5-7,9-11,18,20H,1-2,8,19H2,3-4H3. The van der Waals surface area contributed by atoms with E-state index in [1.807, 2.05) is 44.4 Å². The summed E-state index contributed by atoms with van der Waals surface area (Å²) in [6, 6.07) is 5.91. The lowest BCUT2D eigenvalue weighted by Gasteiger charge is -2.19. The van der Waals surface area contributed by atoms with Crippen LogP contribution in [0.4, 0.5) is 5.69 Å². The minimum atomic E-state index is -0.223. The summed E-state index contributed by atoms with van der Waals surface area (Å²) >= 11 is 0. The van der Waals surface area contributed by atoms with Gasteiger partial charge in [-0.2, -0.15) is 0 Å². The molecule has 114 valence electrons. The van der Waals surface area contributed by atoms with Crippen LogP contribution in [0.3, 0.4) is 0 Å². The van der Waals surface area contributed by atoms with Crippen LogP contribution in [0.15, 0.2) is 55.4 Å². The van der Waals surface area contributed by atoms with Crippen molar-refractivity contribution in [2.45, 2.75) is 19.9 Å². The lowest BCUT2D eigenvalue weighted by molar-refractivity contribution is 0.852. The van der Waals surface area contributed by atoms with Gasteiger partial charge in [0.05, 0.1) is 6.04 Å². The zero-order chi connectivity index (χ0) is 16.1. The average molecular weight is 294 g/mol. The van der Waals surface area contributed by atoms with Gasteiger partial charge < -0.3 is 11.1 Å². The van der Waals surface area contributed by atoms with Gasteiger partial charge in [-0.3, -0.25) is 0 Å². The van der Waals surface area contributed by atoms with Crippen LogP contribution in [-0.2, 0) is 0 Å². The third-order valence-corrected chi connectivity index (χ3v) is 3.47. The Kier molecular flexibility index (Phi) is 5.07. The predicted molar refractivity (Wildman–Crippen MR) is 92.6 cm³/mol. The molecule has 0 aliphatic heterocycles. The van der Waals surface area contributed by atoms with Crippen molar-refractivity contribution in [2.75, 3.05) is 11.9 Å². The Hall–Kier alpha value is -2.46. The summed E-state index contributed by atoms with van der Waals surface area (Å²) in [6.45, 7) is 12.2. The molecule has 0 amide bonds. The van der Waals surface area contributed by atoms with Crippen molar-refractivity contribution in [1.29, 1.82) is 0 Å². The van der Waals surface area contributed by atoms with Gasteiger partial charge in [-0.15, -0.1) is 6.58 Å². The first kappa shape index (κ1) is 15.9. The Morgan fingerprint density at radius 2 is 2.00 bits per heavy atom. The predicted octanol–water partition coefficient (Wildman–Crippen LogP) is 3.63. The lowest BCUT2D eigenvalue weighted by atomic mass is 9.96. The summed E-state index contributed by atoms with van der Waals surface area (Å²) in [5.41, 5.74) is 11.2. The Morgan fingerprint density at radius 1 is 1.32 bits per heavy atom. The fraction of sp³-hybridized carbons (Fsp3) is 0.222. The quantitative estimate of drug-likeness (QED) is 0.799. The minimum absolute atomic E-state index is 0.223. The van der Waals surface area contributed by atoms with Crippen LogP contribution >= 0.6 is 0 Å². The van der Waals surface area contributed by atoms with Crippen molar-refractivity contribution < 1.29 is 0 Å². The van der Waals surface area contributed by atoms with E-state index < -0.39 is 0 Å². The van der Waals surface area contributed by atoms with Crippen LogP contribution in [0.25, 0.3) is 11.1 Å². The number of nitrogens with two attached hydrogens (primary N) is 1. The normalized spacial score (nSPS) is 11.8. The number of hydrogen-bond acceptors (Lipinski definition) is 4. The number of hydrogen-bond donors (Lipinski definition) is 2. The highest BCUT2D eigenvalue weighted by atomic mass is 14.9. The first-order valence-corrected chi connectivity index (χ1v) is 7.21. The second kappa shape index (κ2) is 7.00. The van der Waals surface area contributed by atoms with E-state index in [2.05, 4.69) is 34.5 Å². The summed E-state index contributed by atoms with van der Waals surface area (Å²) in [5, 5.41) is 3.32. The topological polar surface area (TPSA) is 63.8 Å². The molecule has 4 nitrogen and oxygen atoms in total. The van der Waals surface area contributed by atoms with Crippen molar-refractivity contribution in [2.24, 2.45) is 5.73 Å². The first-order valence-electron chi connectivity index (χ1n) is 7.21. The molecule has 1 aromatic carbocycles. The molecule has 0 saturated carbocycles. The van der Waals surface area contributed by atoms with E-state index in [0.717, 1.165) is 33.8 Å². The number of benzene rings is 1. The molecule has 0 saturated heterocycles. The maximum absolute atomic E-state index is 6.28. The van der Waals surface area contributed by atoms with Gasteiger partial charge in [0.15, 0.2) is 0 Å². The van der Waals surface area contributed by atoms with E-state index in [4.69, 9.17) is 5.73 Å². The van der Waals surface area contributed by atoms with Gasteiger partial charge in [0, 0.05) is 30.2 Å². The zero-order valence-corrected chi connectivity index (χ0v) is 13.1. The number of anilines is 1. The van der Waals surface area contributed by atoms with Crippen molar-refractivity contribution >= 4 is 5.69 Å². The summed E-state index contributed by atoms with van der Waals surface area (Å²) in [6.07, 6.45) is 5.47. The van der Waals surface area contributed by atoms with Crippen molar-refractivity contribution in [1.82, 2.24) is 9.97 Å². The largest absolute Gasteiger partial charge is 0.381 e. The smallest absolute Gasteiger partial charge is 0.125 e. The van der Waals surface area contributed by atoms with Gasteiger partial charge in [-0.05, 0) is 37.1 Å². The molecule has 0 fully saturated rings. The van der Waals surface area contributed by atoms with E-state index in [-0.39, 0.29) is 6.04 Å². The molecule has 1 atom stereocenters. The molecule has 4 heteroatoms. The monoisotopic (exact) mass is 294 g/mol. The van der Waals surface area contributed by atoms with E-state index in [0.29, 0.717) is 6.54 Å². The van der Waals surface area contributed by atoms with Crippen molar-refractivity contribution in [3.05, 3.63) is 66.8 Å². The van der Waals surface area contributed by atoms with Crippen molar-refractivity contribution in [3.8, 4) is 11.1 Å². The van der Waals surface area contributed by atoms with Crippen LogP contribution < -0.4 is 11.1 Å². The van der Waals surface area contributed by atoms with Gasteiger partial charge in [0.2, 0.25) is 0 Å². The van der Waals surface area contributed by atoms with Gasteiger partial charge in [-0.1, -0.05) is 24.3 Å². The number of aromatic nitrogens is 2. The maximum atomic E-state index is 6.28. The van der Waals surface area contributed by atoms with E-state index in [1.165, 1.54) is 0 Å². The lowest BCUT2D eigenvalue weighted by Crippen LogP contribution is -2.14. The Labute approximate surface area is 131 Å². The number of aryl methyl sites for hydroxylation is 1. The second-order valence-corrected chi connectivity index (χ2v) is 5.31. The fourth-order valence-corrected chi connectivity index (χ4v) is 2.15. The number of nitrogens with one attached hydrogen (secondary N) is 1. The molecule has 2 aromatic rings. The third kappa shape index (κ3) is 3.59. The van der Waals surface area contributed by atoms with Gasteiger partial charge >= 0.3 is 0 Å². The highest BCUT2D eigenvalue weighted by molar-refractivity contribution is 5.68. The maximum Gasteiger partial charge on any atom is 0.125 e. The SMILES string of the molecule is C=CCNc1ccc(-c2cnc(C)nc2)cc1C(N)C(=C)C. The third-order valence-electron chi connectivity index (χ3n) is 3.47. The molecule has 22 heavy (non-hydrogen) atoms. The molecule has 1 aromatic heterocycles. The van der Waals surface area contributed by atoms with Crippen LogP contribution in [0, 0.1) is 6.92 Å². The van der Waals surface area contributed by atoms with Crippen LogP contribution in [0.5, 0.6) is 0 Å². The molecule has 2 rings (SSSR count). The number of nitrogens with zero attached hydrogens (tertiary/aromatic N) is 2. The molecule has 3 N–H and O–H groups in total. The van der Waals surface area contributed by atoms with Crippen LogP contribution in [-0.4, -0.2) is 16.5 Å². The Balaban J connectivity index is 2.45. The minimum Gasteiger partial charge on any atom is -0.381 e. The van der Waals surface area contributed by atoms with Gasteiger partial charge in [0.25, 0.3) is 0 Å². The summed E-state index contributed by atoms with van der Waals surface area (Å²) in [5.74, 6) is 0.756. The fourth-order valence-electron chi connectivity index (χ4n) is 2.15. The van der Waals surface area contributed by atoms with E-state index >= 15 is 0 Å². The molecule has 0 bridgehead atoms. The Morgan fingerprint density at radius 3 is 2.59 bits per heavy atom. The zero-order valence-electron chi connectivity index (χ0n) is 13.1. The Bertz CT molecular complexity index is 674. The molecule has 1 unspecified atom stereocenters. The second-order valence-electron chi connectivity index (χ2n) is 5.31. The van der Waals surface area contributed by atoms with E-state index in [1.54, 1.807) is 0 Å². The summed E-state index contributed by atoms with van der Waals surface area (Å²) in [7, 11) is 0. The molecule has 1 heterocycles. The highest BCUT2D eigenvalue weighted by Gasteiger charge is 2.13. The van der Waals surface area contributed by atoms with Crippen molar-refractivity contribution in [3.63, 3.8) is 0 Å². The molecular weight excluding hydrogens is 272 g/mol. The average Bonchev–Trinajstić information content (AvgIpc) is 2.52. The highest BCUT2D eigenvalue weighted by Crippen LogP contribution is 2.30. The van der Waals surface area contributed by atoms with Crippen LogP contribution in [0.2, 0.25) is 0 Å². The molecular formula is C18H22N4. The number of rotatable bonds is 6. The summed E-state index contributed by atoms with van der Waals surface area (Å²) in [4.78, 5) is 8.50. The molecule has 0 radical (unpaired) electrons. The van der Waals surface area contributed by atoms with E-state index in [9.17, 15) is 0 Å². The van der Waals surface area contributed by atoms with Gasteiger partial charge in [-0.25, -0.2) is 9.97 Å².